The molecule has 0 atom stereocenters. The fourth-order valence-electron chi connectivity index (χ4n) is 1.33. The van der Waals surface area contributed by atoms with Crippen molar-refractivity contribution in [2.45, 2.75) is 6.54 Å². The Morgan fingerprint density at radius 3 is 2.64 bits per heavy atom. The van der Waals surface area contributed by atoms with Crippen LogP contribution in [0.3, 0.4) is 0 Å². The van der Waals surface area contributed by atoms with Gasteiger partial charge < -0.3 is 5.21 Å². The lowest BCUT2D eigenvalue weighted by Gasteiger charge is -1.95. The monoisotopic (exact) mass is 205 g/mol. The van der Waals surface area contributed by atoms with Gasteiger partial charge in [0, 0.05) is 4.88 Å². The minimum atomic E-state index is 0.511. The number of rotatable bonds is 3. The second kappa shape index (κ2) is 4.37. The van der Waals surface area contributed by atoms with Gasteiger partial charge in [-0.05, 0) is 22.6 Å². The molecule has 0 saturated carbocycles. The van der Waals surface area contributed by atoms with Crippen LogP contribution >= 0.6 is 11.3 Å². The molecule has 0 saturated heterocycles. The van der Waals surface area contributed by atoms with Gasteiger partial charge in [0.25, 0.3) is 0 Å². The molecule has 2 rings (SSSR count). The van der Waals surface area contributed by atoms with Crippen LogP contribution in [0.25, 0.3) is 11.1 Å². The van der Waals surface area contributed by atoms with Crippen molar-refractivity contribution in [2.24, 2.45) is 0 Å². The molecule has 0 spiro atoms. The Labute approximate surface area is 86.8 Å². The fraction of sp³-hybridized carbons (Fsp3) is 0.0909. The molecule has 72 valence electrons. The van der Waals surface area contributed by atoms with Crippen LogP contribution in [-0.2, 0) is 6.54 Å². The largest absolute Gasteiger partial charge is 0.316 e. The molecule has 1 aromatic heterocycles. The topological polar surface area (TPSA) is 32.3 Å². The highest BCUT2D eigenvalue weighted by molar-refractivity contribution is 7.10. The highest BCUT2D eigenvalue weighted by Gasteiger charge is 2.00. The van der Waals surface area contributed by atoms with E-state index in [0.717, 1.165) is 4.88 Å². The maximum atomic E-state index is 8.56. The van der Waals surface area contributed by atoms with Crippen LogP contribution in [0.4, 0.5) is 0 Å². The summed E-state index contributed by atoms with van der Waals surface area (Å²) in [5, 5.41) is 10.7. The molecule has 0 radical (unpaired) electrons. The summed E-state index contributed by atoms with van der Waals surface area (Å²) in [5.74, 6) is 0. The van der Waals surface area contributed by atoms with E-state index in [4.69, 9.17) is 5.21 Å². The standard InChI is InChI=1S/C11H11NOS/c13-12-7-11-6-10(8-14-11)9-4-2-1-3-5-9/h1-6,8,12-13H,7H2. The first-order valence-electron chi connectivity index (χ1n) is 4.40. The summed E-state index contributed by atoms with van der Waals surface area (Å²) in [4.78, 5) is 1.13. The van der Waals surface area contributed by atoms with Crippen LogP contribution < -0.4 is 5.48 Å². The van der Waals surface area contributed by atoms with Crippen LogP contribution in [0.2, 0.25) is 0 Å². The summed E-state index contributed by atoms with van der Waals surface area (Å²) < 4.78 is 0. The second-order valence-electron chi connectivity index (χ2n) is 3.00. The molecule has 1 aromatic carbocycles. The Morgan fingerprint density at radius 1 is 1.14 bits per heavy atom. The lowest BCUT2D eigenvalue weighted by atomic mass is 10.1. The molecule has 0 bridgehead atoms. The average Bonchev–Trinajstić information content (AvgIpc) is 2.68. The van der Waals surface area contributed by atoms with E-state index < -0.39 is 0 Å². The number of hydrogen-bond donors (Lipinski definition) is 2. The van der Waals surface area contributed by atoms with E-state index in [2.05, 4.69) is 29.1 Å². The Bertz CT molecular complexity index is 397. The molecular formula is C11H11NOS. The summed E-state index contributed by atoms with van der Waals surface area (Å²) >= 11 is 1.65. The molecule has 2 N–H and O–H groups in total. The summed E-state index contributed by atoms with van der Waals surface area (Å²) in [5.41, 5.74) is 4.58. The van der Waals surface area contributed by atoms with Crippen molar-refractivity contribution in [1.82, 2.24) is 5.48 Å². The summed E-state index contributed by atoms with van der Waals surface area (Å²) in [6.07, 6.45) is 0. The first-order chi connectivity index (χ1) is 6.90. The predicted molar refractivity (Wildman–Crippen MR) is 58.4 cm³/mol. The van der Waals surface area contributed by atoms with Crippen molar-refractivity contribution in [3.8, 4) is 11.1 Å². The molecule has 0 fully saturated rings. The van der Waals surface area contributed by atoms with Crippen molar-refractivity contribution in [3.05, 3.63) is 46.7 Å². The number of thiophene rings is 1. The van der Waals surface area contributed by atoms with E-state index in [1.807, 2.05) is 18.2 Å². The zero-order valence-corrected chi connectivity index (χ0v) is 8.42. The lowest BCUT2D eigenvalue weighted by molar-refractivity contribution is 0.162. The average molecular weight is 205 g/mol. The van der Waals surface area contributed by atoms with Crippen molar-refractivity contribution in [2.75, 3.05) is 0 Å². The number of nitrogens with one attached hydrogen (secondary N) is 1. The predicted octanol–water partition coefficient (Wildman–Crippen LogP) is 2.89. The zero-order valence-electron chi connectivity index (χ0n) is 7.60. The van der Waals surface area contributed by atoms with Gasteiger partial charge >= 0.3 is 0 Å². The van der Waals surface area contributed by atoms with Gasteiger partial charge in [0.1, 0.15) is 0 Å². The van der Waals surface area contributed by atoms with Crippen molar-refractivity contribution >= 4 is 11.3 Å². The van der Waals surface area contributed by atoms with Crippen molar-refractivity contribution in [1.29, 1.82) is 0 Å². The summed E-state index contributed by atoms with van der Waals surface area (Å²) in [6.45, 7) is 0.511. The summed E-state index contributed by atoms with van der Waals surface area (Å²) in [6, 6.07) is 12.3. The van der Waals surface area contributed by atoms with Crippen molar-refractivity contribution < 1.29 is 5.21 Å². The van der Waals surface area contributed by atoms with Gasteiger partial charge in [0.15, 0.2) is 0 Å². The number of benzene rings is 1. The normalized spacial score (nSPS) is 10.4. The highest BCUT2D eigenvalue weighted by Crippen LogP contribution is 2.25. The van der Waals surface area contributed by atoms with Crippen LogP contribution in [-0.4, -0.2) is 5.21 Å². The third kappa shape index (κ3) is 2.01. The number of hydroxylamine groups is 1. The van der Waals surface area contributed by atoms with Gasteiger partial charge in [0.2, 0.25) is 0 Å². The van der Waals surface area contributed by atoms with Gasteiger partial charge in [0.05, 0.1) is 6.54 Å². The van der Waals surface area contributed by atoms with Crippen molar-refractivity contribution in [3.63, 3.8) is 0 Å². The Hall–Kier alpha value is -1.16. The van der Waals surface area contributed by atoms with Crippen LogP contribution in [0.15, 0.2) is 41.8 Å². The van der Waals surface area contributed by atoms with Gasteiger partial charge in [-0.3, -0.25) is 0 Å². The maximum absolute atomic E-state index is 8.56. The molecule has 2 aromatic rings. The molecule has 14 heavy (non-hydrogen) atoms. The zero-order chi connectivity index (χ0) is 9.80. The van der Waals surface area contributed by atoms with Gasteiger partial charge in [-0.15, -0.1) is 11.3 Å². The van der Waals surface area contributed by atoms with Crippen LogP contribution in [0.1, 0.15) is 4.88 Å². The minimum Gasteiger partial charge on any atom is -0.316 e. The first-order valence-corrected chi connectivity index (χ1v) is 5.28. The number of hydrogen-bond acceptors (Lipinski definition) is 3. The van der Waals surface area contributed by atoms with E-state index >= 15 is 0 Å². The molecule has 3 heteroatoms. The molecule has 0 aliphatic heterocycles. The first kappa shape index (κ1) is 9.40. The quantitative estimate of drug-likeness (QED) is 0.755. The Kier molecular flexibility index (Phi) is 2.93. The fourth-order valence-corrected chi connectivity index (χ4v) is 2.16. The second-order valence-corrected chi connectivity index (χ2v) is 4.00. The highest BCUT2D eigenvalue weighted by atomic mass is 32.1. The molecule has 0 aliphatic rings. The van der Waals surface area contributed by atoms with E-state index in [1.165, 1.54) is 11.1 Å². The van der Waals surface area contributed by atoms with E-state index in [1.54, 1.807) is 11.3 Å². The van der Waals surface area contributed by atoms with E-state index in [9.17, 15) is 0 Å². The van der Waals surface area contributed by atoms with E-state index in [0.29, 0.717) is 6.54 Å². The van der Waals surface area contributed by atoms with Gasteiger partial charge in [-0.2, -0.15) is 0 Å². The molecule has 2 nitrogen and oxygen atoms in total. The SMILES string of the molecule is ONCc1cc(-c2ccccc2)cs1. The molecule has 0 aliphatic carbocycles. The van der Waals surface area contributed by atoms with Gasteiger partial charge in [-0.25, -0.2) is 5.48 Å². The van der Waals surface area contributed by atoms with Crippen LogP contribution in [0.5, 0.6) is 0 Å². The minimum absolute atomic E-state index is 0.511. The lowest BCUT2D eigenvalue weighted by Crippen LogP contribution is -2.03. The Morgan fingerprint density at radius 2 is 1.93 bits per heavy atom. The maximum Gasteiger partial charge on any atom is 0.0552 e. The Balaban J connectivity index is 2.25. The molecule has 0 amide bonds. The molecule has 1 heterocycles. The molecule has 0 unspecified atom stereocenters. The third-order valence-corrected chi connectivity index (χ3v) is 2.95. The van der Waals surface area contributed by atoms with Gasteiger partial charge in [-0.1, -0.05) is 30.3 Å². The van der Waals surface area contributed by atoms with E-state index in [-0.39, 0.29) is 0 Å². The third-order valence-electron chi connectivity index (χ3n) is 2.01. The smallest absolute Gasteiger partial charge is 0.0552 e. The van der Waals surface area contributed by atoms with Crippen LogP contribution in [0, 0.1) is 0 Å². The molecular weight excluding hydrogens is 194 g/mol. The summed E-state index contributed by atoms with van der Waals surface area (Å²) in [7, 11) is 0.